The van der Waals surface area contributed by atoms with Crippen LogP contribution in [0.1, 0.15) is 28.4 Å². The summed E-state index contributed by atoms with van der Waals surface area (Å²) in [6, 6.07) is 3.00. The summed E-state index contributed by atoms with van der Waals surface area (Å²) in [7, 11) is -0.552. The first kappa shape index (κ1) is 14.7. The summed E-state index contributed by atoms with van der Waals surface area (Å²) in [5, 5.41) is 0. The molecule has 5 nitrogen and oxygen atoms in total. The Morgan fingerprint density at radius 2 is 1.89 bits per heavy atom. The molecule has 0 atom stereocenters. The Labute approximate surface area is 108 Å². The smallest absolute Gasteiger partial charge is 0.249 e. The van der Waals surface area contributed by atoms with E-state index in [9.17, 15) is 13.2 Å². The second-order valence-electron chi connectivity index (χ2n) is 4.28. The molecule has 1 aromatic rings. The average molecular weight is 270 g/mol. The first-order valence-electron chi connectivity index (χ1n) is 5.57. The summed E-state index contributed by atoms with van der Waals surface area (Å²) in [5.74, 6) is -0.529. The molecule has 0 aliphatic heterocycles. The van der Waals surface area contributed by atoms with Gasteiger partial charge in [-0.3, -0.25) is 4.79 Å². The lowest BCUT2D eigenvalue weighted by molar-refractivity contribution is 0.0998. The molecule has 1 amide bonds. The first-order valence-corrected chi connectivity index (χ1v) is 7.01. The third kappa shape index (κ3) is 2.54. The predicted molar refractivity (Wildman–Crippen MR) is 69.9 cm³/mol. The summed E-state index contributed by atoms with van der Waals surface area (Å²) >= 11 is 0. The number of nitrogens with zero attached hydrogens (tertiary/aromatic N) is 1. The molecule has 0 saturated carbocycles. The SMILES string of the molecule is CCc1cc(S(=O)(=O)N(C)C)cc(C)c1C(N)=O. The standard InChI is InChI=1S/C12H18N2O3S/c1-5-9-7-10(18(16,17)14(3)4)6-8(2)11(9)12(13)15/h6-7H,5H2,1-4H3,(H2,13,15). The van der Waals surface area contributed by atoms with E-state index in [1.165, 1.54) is 26.2 Å². The van der Waals surface area contributed by atoms with Crippen molar-refractivity contribution in [1.29, 1.82) is 0 Å². The minimum atomic E-state index is -3.49. The van der Waals surface area contributed by atoms with Crippen LogP contribution in [0.15, 0.2) is 17.0 Å². The molecule has 0 radical (unpaired) electrons. The maximum absolute atomic E-state index is 12.0. The normalized spacial score (nSPS) is 11.8. The van der Waals surface area contributed by atoms with Crippen LogP contribution in [0, 0.1) is 6.92 Å². The zero-order chi connectivity index (χ0) is 14.1. The Kier molecular flexibility index (Phi) is 4.13. The van der Waals surface area contributed by atoms with Gasteiger partial charge in [0.25, 0.3) is 0 Å². The molecule has 0 aromatic heterocycles. The summed E-state index contributed by atoms with van der Waals surface area (Å²) < 4.78 is 25.2. The van der Waals surface area contributed by atoms with Gasteiger partial charge in [0, 0.05) is 19.7 Å². The topological polar surface area (TPSA) is 80.5 Å². The Morgan fingerprint density at radius 1 is 1.33 bits per heavy atom. The van der Waals surface area contributed by atoms with Crippen molar-refractivity contribution >= 4 is 15.9 Å². The molecule has 1 aromatic carbocycles. The fourth-order valence-electron chi connectivity index (χ4n) is 1.82. The number of amides is 1. The molecule has 2 N–H and O–H groups in total. The highest BCUT2D eigenvalue weighted by molar-refractivity contribution is 7.89. The minimum absolute atomic E-state index is 0.187. The number of nitrogens with two attached hydrogens (primary N) is 1. The number of rotatable bonds is 4. The van der Waals surface area contributed by atoms with Gasteiger partial charge in [0.15, 0.2) is 0 Å². The van der Waals surface area contributed by atoms with Crippen molar-refractivity contribution < 1.29 is 13.2 Å². The molecule has 100 valence electrons. The third-order valence-corrected chi connectivity index (χ3v) is 4.59. The van der Waals surface area contributed by atoms with Crippen LogP contribution in [0.25, 0.3) is 0 Å². The summed E-state index contributed by atoms with van der Waals surface area (Å²) in [4.78, 5) is 11.5. The maximum Gasteiger partial charge on any atom is 0.249 e. The van der Waals surface area contributed by atoms with Crippen LogP contribution in [0.2, 0.25) is 0 Å². The van der Waals surface area contributed by atoms with Crippen molar-refractivity contribution in [3.63, 3.8) is 0 Å². The summed E-state index contributed by atoms with van der Waals surface area (Å²) in [6.45, 7) is 3.54. The van der Waals surface area contributed by atoms with Crippen molar-refractivity contribution in [2.75, 3.05) is 14.1 Å². The lowest BCUT2D eigenvalue weighted by Gasteiger charge is -2.15. The molecule has 18 heavy (non-hydrogen) atoms. The van der Waals surface area contributed by atoms with Crippen molar-refractivity contribution in [2.45, 2.75) is 25.2 Å². The molecule has 0 saturated heterocycles. The van der Waals surface area contributed by atoms with E-state index in [1.54, 1.807) is 6.92 Å². The van der Waals surface area contributed by atoms with E-state index >= 15 is 0 Å². The molecule has 0 aliphatic rings. The highest BCUT2D eigenvalue weighted by atomic mass is 32.2. The first-order chi connectivity index (χ1) is 8.21. The van der Waals surface area contributed by atoms with E-state index < -0.39 is 15.9 Å². The van der Waals surface area contributed by atoms with Crippen molar-refractivity contribution in [3.05, 3.63) is 28.8 Å². The number of hydrogen-bond acceptors (Lipinski definition) is 3. The average Bonchev–Trinajstić information content (AvgIpc) is 2.26. The Bertz CT molecular complexity index is 577. The second-order valence-corrected chi connectivity index (χ2v) is 6.43. The van der Waals surface area contributed by atoms with Gasteiger partial charge in [0.2, 0.25) is 15.9 Å². The van der Waals surface area contributed by atoms with Crippen LogP contribution in [0.4, 0.5) is 0 Å². The quantitative estimate of drug-likeness (QED) is 0.883. The summed E-state index contributed by atoms with van der Waals surface area (Å²) in [6.07, 6.45) is 0.551. The molecule has 0 spiro atoms. The van der Waals surface area contributed by atoms with E-state index in [0.717, 1.165) is 4.31 Å². The van der Waals surface area contributed by atoms with Gasteiger partial charge >= 0.3 is 0 Å². The molecule has 6 heteroatoms. The van der Waals surface area contributed by atoms with Gasteiger partial charge < -0.3 is 5.73 Å². The van der Waals surface area contributed by atoms with Crippen LogP contribution >= 0.6 is 0 Å². The van der Waals surface area contributed by atoms with Gasteiger partial charge in [-0.25, -0.2) is 12.7 Å². The minimum Gasteiger partial charge on any atom is -0.366 e. The molecule has 0 fully saturated rings. The number of sulfonamides is 1. The van der Waals surface area contributed by atoms with Crippen molar-refractivity contribution in [2.24, 2.45) is 5.73 Å². The molecule has 0 aliphatic carbocycles. The van der Waals surface area contributed by atoms with E-state index in [0.29, 0.717) is 23.1 Å². The van der Waals surface area contributed by atoms with Crippen molar-refractivity contribution in [1.82, 2.24) is 4.31 Å². The van der Waals surface area contributed by atoms with E-state index in [-0.39, 0.29) is 4.90 Å². The molecule has 0 unspecified atom stereocenters. The van der Waals surface area contributed by atoms with Crippen LogP contribution in [-0.2, 0) is 16.4 Å². The van der Waals surface area contributed by atoms with Gasteiger partial charge in [0.1, 0.15) is 0 Å². The Balaban J connectivity index is 3.55. The Hall–Kier alpha value is -1.40. The Morgan fingerprint density at radius 3 is 2.28 bits per heavy atom. The predicted octanol–water partition coefficient (Wildman–Crippen LogP) is 0.907. The fraction of sp³-hybridized carbons (Fsp3) is 0.417. The number of carbonyl (C=O) groups excluding carboxylic acids is 1. The van der Waals surface area contributed by atoms with E-state index in [4.69, 9.17) is 5.73 Å². The molecule has 0 bridgehead atoms. The van der Waals surface area contributed by atoms with Gasteiger partial charge in [-0.05, 0) is 36.6 Å². The number of carbonyl (C=O) groups is 1. The molecule has 1 rings (SSSR count). The van der Waals surface area contributed by atoms with Crippen LogP contribution in [0.3, 0.4) is 0 Å². The largest absolute Gasteiger partial charge is 0.366 e. The lowest BCUT2D eigenvalue weighted by Crippen LogP contribution is -2.23. The van der Waals surface area contributed by atoms with Crippen molar-refractivity contribution in [3.8, 4) is 0 Å². The van der Waals surface area contributed by atoms with Gasteiger partial charge in [-0.2, -0.15) is 0 Å². The number of aryl methyl sites for hydroxylation is 2. The summed E-state index contributed by atoms with van der Waals surface area (Å²) in [5.41, 5.74) is 6.96. The van der Waals surface area contributed by atoms with Gasteiger partial charge in [-0.1, -0.05) is 6.92 Å². The highest BCUT2D eigenvalue weighted by Gasteiger charge is 2.21. The zero-order valence-corrected chi connectivity index (χ0v) is 11.8. The molecular formula is C12H18N2O3S. The third-order valence-electron chi connectivity index (χ3n) is 2.80. The van der Waals surface area contributed by atoms with Gasteiger partial charge in [-0.15, -0.1) is 0 Å². The number of benzene rings is 1. The second kappa shape index (κ2) is 5.07. The molecule has 0 heterocycles. The fourth-order valence-corrected chi connectivity index (χ4v) is 2.85. The lowest BCUT2D eigenvalue weighted by atomic mass is 10.00. The van der Waals surface area contributed by atoms with Gasteiger partial charge in [0.05, 0.1) is 4.90 Å². The highest BCUT2D eigenvalue weighted by Crippen LogP contribution is 2.22. The maximum atomic E-state index is 12.0. The number of primary amides is 1. The van der Waals surface area contributed by atoms with E-state index in [2.05, 4.69) is 0 Å². The van der Waals surface area contributed by atoms with Crippen LogP contribution < -0.4 is 5.73 Å². The zero-order valence-electron chi connectivity index (χ0n) is 11.0. The van der Waals surface area contributed by atoms with Crippen LogP contribution in [0.5, 0.6) is 0 Å². The number of hydrogen-bond donors (Lipinski definition) is 1. The molecular weight excluding hydrogens is 252 g/mol. The van der Waals surface area contributed by atoms with Crippen LogP contribution in [-0.4, -0.2) is 32.7 Å². The monoisotopic (exact) mass is 270 g/mol. The van der Waals surface area contributed by atoms with E-state index in [1.807, 2.05) is 6.92 Å².